The molecule has 0 fully saturated rings. The first-order valence-corrected chi connectivity index (χ1v) is 6.56. The molecule has 2 aromatic rings. The summed E-state index contributed by atoms with van der Waals surface area (Å²) in [6.45, 7) is 1.97. The molecular weight excluding hydrogens is 240 g/mol. The van der Waals surface area contributed by atoms with E-state index in [1.807, 2.05) is 23.6 Å². The number of hydrogen-bond acceptors (Lipinski definition) is 2. The predicted molar refractivity (Wildman–Crippen MR) is 71.9 cm³/mol. The predicted octanol–water partition coefficient (Wildman–Crippen LogP) is 2.76. The van der Waals surface area contributed by atoms with E-state index in [-0.39, 0.29) is 0 Å². The molecule has 0 spiro atoms. The van der Waals surface area contributed by atoms with Gasteiger partial charge < -0.3 is 9.67 Å². The fourth-order valence-corrected chi connectivity index (χ4v) is 2.70. The lowest BCUT2D eigenvalue weighted by molar-refractivity contribution is 0.0697. The van der Waals surface area contributed by atoms with E-state index in [4.69, 9.17) is 0 Å². The zero-order valence-electron chi connectivity index (χ0n) is 10.9. The Morgan fingerprint density at radius 3 is 2.89 bits per heavy atom. The molecule has 98 valence electrons. The van der Waals surface area contributed by atoms with E-state index in [0.717, 1.165) is 36.2 Å². The van der Waals surface area contributed by atoms with Gasteiger partial charge in [-0.3, -0.25) is 0 Å². The summed E-state index contributed by atoms with van der Waals surface area (Å²) < 4.78 is 1.95. The zero-order chi connectivity index (χ0) is 13.4. The molecule has 1 aliphatic carbocycles. The normalized spacial score (nSPS) is 14.2. The Bertz CT molecular complexity index is 644. The zero-order valence-corrected chi connectivity index (χ0v) is 10.9. The van der Waals surface area contributed by atoms with Crippen molar-refractivity contribution in [1.82, 2.24) is 9.55 Å². The molecule has 0 bridgehead atoms. The average Bonchev–Trinajstić information content (AvgIpc) is 2.82. The Kier molecular flexibility index (Phi) is 2.85. The molecule has 4 nitrogen and oxygen atoms in total. The number of imidazole rings is 1. The summed E-state index contributed by atoms with van der Waals surface area (Å²) in [5.74, 6) is -0.895. The lowest BCUT2D eigenvalue weighted by Gasteiger charge is -2.16. The number of benzene rings is 1. The van der Waals surface area contributed by atoms with Crippen molar-refractivity contribution in [3.8, 4) is 5.69 Å². The van der Waals surface area contributed by atoms with E-state index in [9.17, 15) is 9.90 Å². The van der Waals surface area contributed by atoms with Gasteiger partial charge in [0.05, 0.1) is 23.3 Å². The number of carboxylic acids is 1. The third-order valence-electron chi connectivity index (χ3n) is 3.67. The van der Waals surface area contributed by atoms with Gasteiger partial charge in [0.25, 0.3) is 0 Å². The van der Waals surface area contributed by atoms with E-state index < -0.39 is 5.97 Å². The van der Waals surface area contributed by atoms with Crippen LogP contribution in [0.15, 0.2) is 24.5 Å². The van der Waals surface area contributed by atoms with E-state index in [1.165, 1.54) is 12.1 Å². The second-order valence-electron chi connectivity index (χ2n) is 5.04. The number of rotatable bonds is 2. The molecule has 0 aliphatic heterocycles. The van der Waals surface area contributed by atoms with Gasteiger partial charge in [-0.15, -0.1) is 0 Å². The Balaban J connectivity index is 2.19. The van der Waals surface area contributed by atoms with Crippen LogP contribution < -0.4 is 0 Å². The topological polar surface area (TPSA) is 55.1 Å². The first kappa shape index (κ1) is 12.0. The van der Waals surface area contributed by atoms with Crippen LogP contribution in [0, 0.1) is 6.92 Å². The molecule has 0 radical (unpaired) electrons. The minimum atomic E-state index is -0.895. The van der Waals surface area contributed by atoms with E-state index in [1.54, 1.807) is 12.4 Å². The highest BCUT2D eigenvalue weighted by Crippen LogP contribution is 2.25. The molecule has 1 N–H and O–H groups in total. The molecule has 4 heteroatoms. The first-order chi connectivity index (χ1) is 9.16. The average molecular weight is 256 g/mol. The van der Waals surface area contributed by atoms with Crippen LogP contribution in [-0.2, 0) is 12.8 Å². The molecule has 1 heterocycles. The molecule has 0 saturated carbocycles. The van der Waals surface area contributed by atoms with Crippen molar-refractivity contribution in [2.75, 3.05) is 0 Å². The summed E-state index contributed by atoms with van der Waals surface area (Å²) in [4.78, 5) is 15.8. The van der Waals surface area contributed by atoms with Crippen LogP contribution in [0.5, 0.6) is 0 Å². The third kappa shape index (κ3) is 2.03. The Labute approximate surface area is 111 Å². The van der Waals surface area contributed by atoms with E-state index in [2.05, 4.69) is 4.98 Å². The Morgan fingerprint density at radius 2 is 2.11 bits per heavy atom. The Morgan fingerprint density at radius 1 is 1.32 bits per heavy atom. The molecule has 0 unspecified atom stereocenters. The maximum absolute atomic E-state index is 11.4. The highest BCUT2D eigenvalue weighted by atomic mass is 16.4. The van der Waals surface area contributed by atoms with Crippen molar-refractivity contribution >= 4 is 5.97 Å². The maximum atomic E-state index is 11.4. The van der Waals surface area contributed by atoms with Gasteiger partial charge in [-0.25, -0.2) is 9.78 Å². The molecule has 19 heavy (non-hydrogen) atoms. The van der Waals surface area contributed by atoms with Crippen molar-refractivity contribution in [2.45, 2.75) is 32.6 Å². The van der Waals surface area contributed by atoms with Crippen LogP contribution in [0.2, 0.25) is 0 Å². The second kappa shape index (κ2) is 4.53. The molecule has 1 aromatic carbocycles. The van der Waals surface area contributed by atoms with Gasteiger partial charge in [-0.1, -0.05) is 6.07 Å². The fraction of sp³-hybridized carbons (Fsp3) is 0.333. The van der Waals surface area contributed by atoms with Gasteiger partial charge >= 0.3 is 5.97 Å². The number of aromatic nitrogens is 2. The van der Waals surface area contributed by atoms with Gasteiger partial charge in [0, 0.05) is 5.69 Å². The summed E-state index contributed by atoms with van der Waals surface area (Å²) in [5, 5.41) is 9.33. The number of aryl methyl sites for hydroxylation is 2. The smallest absolute Gasteiger partial charge is 0.337 e. The minimum Gasteiger partial charge on any atom is -0.478 e. The number of carboxylic acid groups (broad SMARTS) is 1. The number of carbonyl (C=O) groups is 1. The van der Waals surface area contributed by atoms with Crippen molar-refractivity contribution in [3.63, 3.8) is 0 Å². The summed E-state index contributed by atoms with van der Waals surface area (Å²) in [6.07, 6.45) is 6.05. The number of fused-ring (bicyclic) bond motifs is 1. The van der Waals surface area contributed by atoms with Crippen LogP contribution in [-0.4, -0.2) is 20.6 Å². The van der Waals surface area contributed by atoms with Crippen LogP contribution in [0.25, 0.3) is 5.69 Å². The maximum Gasteiger partial charge on any atom is 0.337 e. The molecule has 0 amide bonds. The quantitative estimate of drug-likeness (QED) is 0.898. The standard InChI is InChI=1S/C15H16N2O2/c1-10-6-7-11(15(18)19)14(8-10)17-9-16-12-4-2-3-5-13(12)17/h6-9H,2-5H2,1H3,(H,18,19). The lowest BCUT2D eigenvalue weighted by atomic mass is 10.0. The number of nitrogens with zero attached hydrogens (tertiary/aromatic N) is 2. The lowest BCUT2D eigenvalue weighted by Crippen LogP contribution is -2.10. The van der Waals surface area contributed by atoms with Gasteiger partial charge in [-0.2, -0.15) is 0 Å². The largest absolute Gasteiger partial charge is 0.478 e. The highest BCUT2D eigenvalue weighted by Gasteiger charge is 2.19. The van der Waals surface area contributed by atoms with Crippen molar-refractivity contribution in [3.05, 3.63) is 47.0 Å². The van der Waals surface area contributed by atoms with Crippen molar-refractivity contribution in [1.29, 1.82) is 0 Å². The highest BCUT2D eigenvalue weighted by molar-refractivity contribution is 5.92. The molecule has 0 atom stereocenters. The van der Waals surface area contributed by atoms with Gasteiger partial charge in [0.1, 0.15) is 0 Å². The van der Waals surface area contributed by atoms with E-state index >= 15 is 0 Å². The fourth-order valence-electron chi connectivity index (χ4n) is 2.70. The summed E-state index contributed by atoms with van der Waals surface area (Å²) in [7, 11) is 0. The molecule has 1 aromatic heterocycles. The molecular formula is C15H16N2O2. The summed E-state index contributed by atoms with van der Waals surface area (Å²) >= 11 is 0. The van der Waals surface area contributed by atoms with Crippen LogP contribution >= 0.6 is 0 Å². The minimum absolute atomic E-state index is 0.330. The monoisotopic (exact) mass is 256 g/mol. The van der Waals surface area contributed by atoms with E-state index in [0.29, 0.717) is 5.56 Å². The summed E-state index contributed by atoms with van der Waals surface area (Å²) in [6, 6.07) is 5.42. The van der Waals surface area contributed by atoms with Gasteiger partial charge in [0.2, 0.25) is 0 Å². The molecule has 3 rings (SSSR count). The van der Waals surface area contributed by atoms with Crippen LogP contribution in [0.4, 0.5) is 0 Å². The second-order valence-corrected chi connectivity index (χ2v) is 5.04. The Hall–Kier alpha value is -2.10. The van der Waals surface area contributed by atoms with Crippen LogP contribution in [0.3, 0.4) is 0 Å². The van der Waals surface area contributed by atoms with Crippen molar-refractivity contribution in [2.24, 2.45) is 0 Å². The first-order valence-electron chi connectivity index (χ1n) is 6.56. The van der Waals surface area contributed by atoms with Gasteiger partial charge in [-0.05, 0) is 50.3 Å². The molecule has 0 saturated heterocycles. The van der Waals surface area contributed by atoms with Crippen LogP contribution in [0.1, 0.15) is 40.2 Å². The summed E-state index contributed by atoms with van der Waals surface area (Å²) in [5.41, 5.74) is 4.39. The molecule has 1 aliphatic rings. The third-order valence-corrected chi connectivity index (χ3v) is 3.67. The SMILES string of the molecule is Cc1ccc(C(=O)O)c(-n2cnc3c2CCCC3)c1. The number of aromatic carboxylic acids is 1. The van der Waals surface area contributed by atoms with Crippen molar-refractivity contribution < 1.29 is 9.90 Å². The van der Waals surface area contributed by atoms with Gasteiger partial charge in [0.15, 0.2) is 0 Å². The number of hydrogen-bond donors (Lipinski definition) is 1.